The van der Waals surface area contributed by atoms with E-state index in [0.717, 1.165) is 114 Å². The molecule has 0 rings (SSSR count). The number of aliphatic hydroxyl groups is 1. The van der Waals surface area contributed by atoms with Gasteiger partial charge in [0.1, 0.15) is 19.3 Å². The first-order valence-electron chi connectivity index (χ1n) is 41.4. The summed E-state index contributed by atoms with van der Waals surface area (Å²) in [5.74, 6) is 0.316. The molecule has 0 aliphatic rings. The predicted molar refractivity (Wildman–Crippen MR) is 405 cm³/mol. The minimum absolute atomic E-state index is 0.107. The molecule has 3 N–H and O–H groups in total. The summed E-state index contributed by atoms with van der Waals surface area (Å²) in [6.07, 6.45) is 58.2. The molecular weight excluding hydrogens is 1290 g/mol. The smallest absolute Gasteiger partial charge is 0.462 e. The zero-order valence-electron chi connectivity index (χ0n) is 65.0. The Kier molecular flexibility index (Phi) is 69.0. The molecule has 0 saturated carbocycles. The van der Waals surface area contributed by atoms with E-state index in [1.807, 2.05) is 0 Å². The summed E-state index contributed by atoms with van der Waals surface area (Å²) in [6.45, 7) is 12.0. The van der Waals surface area contributed by atoms with Crippen LogP contribution in [0.4, 0.5) is 0 Å². The molecule has 0 spiro atoms. The molecule has 0 aliphatic heterocycles. The van der Waals surface area contributed by atoms with Gasteiger partial charge in [-0.15, -0.1) is 0 Å². The second-order valence-electron chi connectivity index (χ2n) is 30.0. The van der Waals surface area contributed by atoms with E-state index in [9.17, 15) is 43.2 Å². The summed E-state index contributed by atoms with van der Waals surface area (Å²) >= 11 is 0. The van der Waals surface area contributed by atoms with Crippen LogP contribution in [-0.4, -0.2) is 96.7 Å². The molecule has 0 aromatic carbocycles. The van der Waals surface area contributed by atoms with Crippen molar-refractivity contribution in [1.82, 2.24) is 0 Å². The van der Waals surface area contributed by atoms with Crippen molar-refractivity contribution in [3.8, 4) is 0 Å². The Morgan fingerprint density at radius 1 is 0.293 bits per heavy atom. The number of esters is 4. The number of rotatable bonds is 78. The van der Waals surface area contributed by atoms with Crippen molar-refractivity contribution >= 4 is 39.5 Å². The van der Waals surface area contributed by atoms with Gasteiger partial charge in [-0.2, -0.15) is 0 Å². The molecule has 99 heavy (non-hydrogen) atoms. The number of ether oxygens (including phenoxy) is 4. The second-order valence-corrected chi connectivity index (χ2v) is 32.9. The number of carbonyl (C=O) groups is 4. The molecule has 0 aromatic rings. The van der Waals surface area contributed by atoms with Gasteiger partial charge in [0.25, 0.3) is 0 Å². The number of hydrogen-bond donors (Lipinski definition) is 3. The molecule has 19 heteroatoms. The zero-order chi connectivity index (χ0) is 73.0. The Hall–Kier alpha value is -1.94. The Morgan fingerprint density at radius 3 is 0.768 bits per heavy atom. The van der Waals surface area contributed by atoms with Crippen molar-refractivity contribution in [3.05, 3.63) is 0 Å². The summed E-state index contributed by atoms with van der Waals surface area (Å²) in [7, 11) is -9.92. The maximum atomic E-state index is 13.1. The van der Waals surface area contributed by atoms with E-state index < -0.39 is 97.5 Å². The summed E-state index contributed by atoms with van der Waals surface area (Å²) in [5, 5.41) is 10.6. The van der Waals surface area contributed by atoms with Crippen LogP contribution >= 0.6 is 15.6 Å². The van der Waals surface area contributed by atoms with E-state index in [1.165, 1.54) is 218 Å². The molecular formula is C80H156O17P2. The first kappa shape index (κ1) is 97.1. The quantitative estimate of drug-likeness (QED) is 0.0222. The van der Waals surface area contributed by atoms with Crippen molar-refractivity contribution in [2.24, 2.45) is 17.8 Å². The van der Waals surface area contributed by atoms with Crippen LogP contribution in [0.3, 0.4) is 0 Å². The molecule has 0 aliphatic carbocycles. The van der Waals surface area contributed by atoms with Crippen molar-refractivity contribution in [1.29, 1.82) is 0 Å². The number of aliphatic hydroxyl groups excluding tert-OH is 1. The van der Waals surface area contributed by atoms with E-state index in [1.54, 1.807) is 0 Å². The molecule has 0 aromatic heterocycles. The van der Waals surface area contributed by atoms with E-state index >= 15 is 0 Å². The number of unbranched alkanes of at least 4 members (excludes halogenated alkanes) is 45. The molecule has 0 heterocycles. The third-order valence-corrected chi connectivity index (χ3v) is 20.9. The number of hydrogen-bond acceptors (Lipinski definition) is 15. The van der Waals surface area contributed by atoms with Gasteiger partial charge in [0.15, 0.2) is 12.2 Å². The first-order valence-corrected chi connectivity index (χ1v) is 44.4. The minimum atomic E-state index is -4.96. The standard InChI is InChI=1S/C80H156O17P2/c1-8-10-11-12-13-40-47-54-61-77(82)90-67-75(96-80(85)64-57-50-43-36-30-24-23-26-32-38-45-52-59-72(5)6)69-94-98(86,87)92-65-74(81)66-93-99(88,89)95-70-76(97-79(84)63-56-49-42-35-29-22-16-14-15-19-25-31-37-44-51-58-71(3)4)68-91-78(83)62-55-48-41-34-28-21-18-17-20-27-33-39-46-53-60-73(7)9-2/h71-76,81H,8-70H2,1-7H3,(H,86,87)(H,88,89)/t73?,74-,75+,76+/m0/s1. The van der Waals surface area contributed by atoms with Crippen LogP contribution in [0.2, 0.25) is 0 Å². The molecule has 0 bridgehead atoms. The summed E-state index contributed by atoms with van der Waals surface area (Å²) in [5.41, 5.74) is 0. The van der Waals surface area contributed by atoms with Crippen molar-refractivity contribution in [2.75, 3.05) is 39.6 Å². The molecule has 0 fully saturated rings. The molecule has 588 valence electrons. The molecule has 0 radical (unpaired) electrons. The fraction of sp³-hybridized carbons (Fsp3) is 0.950. The van der Waals surface area contributed by atoms with Gasteiger partial charge in [-0.25, -0.2) is 9.13 Å². The van der Waals surface area contributed by atoms with Gasteiger partial charge in [-0.3, -0.25) is 37.3 Å². The fourth-order valence-corrected chi connectivity index (χ4v) is 13.9. The van der Waals surface area contributed by atoms with Crippen LogP contribution < -0.4 is 0 Å². The van der Waals surface area contributed by atoms with Gasteiger partial charge in [-0.1, -0.05) is 363 Å². The van der Waals surface area contributed by atoms with Crippen LogP contribution in [-0.2, 0) is 65.4 Å². The minimum Gasteiger partial charge on any atom is -0.462 e. The van der Waals surface area contributed by atoms with Crippen LogP contribution in [0.1, 0.15) is 414 Å². The number of carbonyl (C=O) groups excluding carboxylic acids is 4. The lowest BCUT2D eigenvalue weighted by Gasteiger charge is -2.21. The summed E-state index contributed by atoms with van der Waals surface area (Å²) in [4.78, 5) is 72.9. The number of phosphoric acid groups is 2. The van der Waals surface area contributed by atoms with Crippen LogP contribution in [0.5, 0.6) is 0 Å². The average Bonchev–Trinajstić information content (AvgIpc) is 0.956. The monoisotopic (exact) mass is 1450 g/mol. The Morgan fingerprint density at radius 2 is 0.515 bits per heavy atom. The van der Waals surface area contributed by atoms with Gasteiger partial charge in [0, 0.05) is 25.7 Å². The van der Waals surface area contributed by atoms with E-state index in [4.69, 9.17) is 37.0 Å². The molecule has 0 amide bonds. The maximum Gasteiger partial charge on any atom is 0.472 e. The largest absolute Gasteiger partial charge is 0.472 e. The molecule has 3 unspecified atom stereocenters. The topological polar surface area (TPSA) is 237 Å². The normalized spacial score (nSPS) is 14.3. The van der Waals surface area contributed by atoms with Gasteiger partial charge in [-0.05, 0) is 43.4 Å². The summed E-state index contributed by atoms with van der Waals surface area (Å²) < 4.78 is 68.6. The van der Waals surface area contributed by atoms with Gasteiger partial charge in [0.05, 0.1) is 26.4 Å². The SMILES string of the molecule is CCCCCCCCCCC(=O)OC[C@H](COP(=O)(O)OC[C@H](O)COP(=O)(O)OC[C@@H](COC(=O)CCCCCCCCCCCCCCCCC(C)CC)OC(=O)CCCCCCCCCCCCCCCCCC(C)C)OC(=O)CCCCCCCCCCCCCCC(C)C. The lowest BCUT2D eigenvalue weighted by molar-refractivity contribution is -0.161. The first-order chi connectivity index (χ1) is 47.8. The molecule has 17 nitrogen and oxygen atoms in total. The zero-order valence-corrected chi connectivity index (χ0v) is 66.8. The van der Waals surface area contributed by atoms with Crippen molar-refractivity contribution in [3.63, 3.8) is 0 Å². The third kappa shape index (κ3) is 72.8. The van der Waals surface area contributed by atoms with Crippen LogP contribution in [0.25, 0.3) is 0 Å². The van der Waals surface area contributed by atoms with Gasteiger partial charge < -0.3 is 33.8 Å². The van der Waals surface area contributed by atoms with E-state index in [0.29, 0.717) is 25.7 Å². The van der Waals surface area contributed by atoms with E-state index in [-0.39, 0.29) is 25.7 Å². The predicted octanol–water partition coefficient (Wildman–Crippen LogP) is 23.7. The average molecular weight is 1450 g/mol. The highest BCUT2D eigenvalue weighted by Crippen LogP contribution is 2.45. The highest BCUT2D eigenvalue weighted by molar-refractivity contribution is 7.47. The highest BCUT2D eigenvalue weighted by atomic mass is 31.2. The summed E-state index contributed by atoms with van der Waals surface area (Å²) in [6, 6.07) is 0. The second kappa shape index (κ2) is 70.4. The third-order valence-electron chi connectivity index (χ3n) is 19.0. The lowest BCUT2D eigenvalue weighted by atomic mass is 9.99. The van der Waals surface area contributed by atoms with Crippen LogP contribution in [0, 0.1) is 17.8 Å². The Balaban J connectivity index is 5.21. The van der Waals surface area contributed by atoms with E-state index in [2.05, 4.69) is 48.5 Å². The van der Waals surface area contributed by atoms with Gasteiger partial charge >= 0.3 is 39.5 Å². The number of phosphoric ester groups is 2. The van der Waals surface area contributed by atoms with Crippen LogP contribution in [0.15, 0.2) is 0 Å². The maximum absolute atomic E-state index is 13.1. The van der Waals surface area contributed by atoms with Crippen molar-refractivity contribution < 1.29 is 80.2 Å². The van der Waals surface area contributed by atoms with Gasteiger partial charge in [0.2, 0.25) is 0 Å². The highest BCUT2D eigenvalue weighted by Gasteiger charge is 2.30. The molecule has 0 saturated heterocycles. The van der Waals surface area contributed by atoms with Crippen molar-refractivity contribution in [2.45, 2.75) is 433 Å². The Bertz CT molecular complexity index is 1920. The lowest BCUT2D eigenvalue weighted by Crippen LogP contribution is -2.30. The fourth-order valence-electron chi connectivity index (χ4n) is 12.3. The Labute approximate surface area is 607 Å². The molecule has 6 atom stereocenters.